The van der Waals surface area contributed by atoms with E-state index in [1.54, 1.807) is 0 Å². The summed E-state index contributed by atoms with van der Waals surface area (Å²) in [5.74, 6) is 0.653. The van der Waals surface area contributed by atoms with E-state index in [2.05, 4.69) is 23.6 Å². The van der Waals surface area contributed by atoms with Gasteiger partial charge in [-0.25, -0.2) is 0 Å². The molecule has 0 aliphatic carbocycles. The molecule has 3 heterocycles. The summed E-state index contributed by atoms with van der Waals surface area (Å²) in [5.41, 5.74) is 6.21. The summed E-state index contributed by atoms with van der Waals surface area (Å²) >= 11 is 0. The minimum atomic E-state index is 0.419. The highest BCUT2D eigenvalue weighted by Gasteiger charge is 2.39. The summed E-state index contributed by atoms with van der Waals surface area (Å²) in [6.45, 7) is 8.65. The van der Waals surface area contributed by atoms with Crippen LogP contribution in [0.2, 0.25) is 0 Å². The van der Waals surface area contributed by atoms with Crippen LogP contribution in [0.15, 0.2) is 0 Å². The molecule has 18 heavy (non-hydrogen) atoms. The molecule has 0 saturated carbocycles. The van der Waals surface area contributed by atoms with Crippen LogP contribution < -0.4 is 5.73 Å². The molecule has 104 valence electrons. The van der Waals surface area contributed by atoms with Crippen molar-refractivity contribution in [1.29, 1.82) is 0 Å². The average molecular weight is 251 g/mol. The summed E-state index contributed by atoms with van der Waals surface area (Å²) in [5, 5.41) is 0. The molecule has 0 amide bonds. The third-order valence-corrected chi connectivity index (χ3v) is 5.94. The first kappa shape index (κ1) is 12.9. The van der Waals surface area contributed by atoms with E-state index >= 15 is 0 Å². The highest BCUT2D eigenvalue weighted by Crippen LogP contribution is 2.33. The van der Waals surface area contributed by atoms with Gasteiger partial charge in [0.15, 0.2) is 0 Å². The Morgan fingerprint density at radius 3 is 2.61 bits per heavy atom. The third-order valence-electron chi connectivity index (χ3n) is 5.94. The van der Waals surface area contributed by atoms with Crippen molar-refractivity contribution in [2.24, 2.45) is 11.7 Å². The number of hydrogen-bond donors (Lipinski definition) is 1. The largest absolute Gasteiger partial charge is 0.327 e. The van der Waals surface area contributed by atoms with Crippen molar-refractivity contribution in [1.82, 2.24) is 9.80 Å². The molecule has 5 atom stereocenters. The number of nitrogens with zero attached hydrogens (tertiary/aromatic N) is 2. The fourth-order valence-corrected chi connectivity index (χ4v) is 4.44. The monoisotopic (exact) mass is 251 g/mol. The zero-order valence-electron chi connectivity index (χ0n) is 12.0. The van der Waals surface area contributed by atoms with Crippen molar-refractivity contribution in [3.8, 4) is 0 Å². The van der Waals surface area contributed by atoms with Gasteiger partial charge in [0.25, 0.3) is 0 Å². The molecule has 3 saturated heterocycles. The maximum Gasteiger partial charge on any atom is 0.0125 e. The first-order chi connectivity index (χ1) is 8.66. The lowest BCUT2D eigenvalue weighted by Gasteiger charge is -2.48. The SMILES string of the molecule is CC1C(N)CCN(C2CCN3CCCC3C2)C1C. The van der Waals surface area contributed by atoms with E-state index in [0.29, 0.717) is 18.0 Å². The topological polar surface area (TPSA) is 32.5 Å². The minimum absolute atomic E-state index is 0.419. The quantitative estimate of drug-likeness (QED) is 0.769. The van der Waals surface area contributed by atoms with Gasteiger partial charge < -0.3 is 10.6 Å². The van der Waals surface area contributed by atoms with Gasteiger partial charge in [0.05, 0.1) is 0 Å². The van der Waals surface area contributed by atoms with Gasteiger partial charge in [-0.15, -0.1) is 0 Å². The lowest BCUT2D eigenvalue weighted by molar-refractivity contribution is 0.0154. The van der Waals surface area contributed by atoms with Gasteiger partial charge in [-0.1, -0.05) is 6.92 Å². The van der Waals surface area contributed by atoms with E-state index in [1.807, 2.05) is 0 Å². The highest BCUT2D eigenvalue weighted by molar-refractivity contribution is 4.95. The molecule has 0 bridgehead atoms. The maximum absolute atomic E-state index is 6.21. The first-order valence-corrected chi connectivity index (χ1v) is 7.92. The zero-order chi connectivity index (χ0) is 12.7. The van der Waals surface area contributed by atoms with Crippen molar-refractivity contribution in [3.05, 3.63) is 0 Å². The van der Waals surface area contributed by atoms with Gasteiger partial charge in [-0.3, -0.25) is 4.90 Å². The van der Waals surface area contributed by atoms with Crippen molar-refractivity contribution in [3.63, 3.8) is 0 Å². The second kappa shape index (κ2) is 5.10. The normalized spacial score (nSPS) is 47.2. The van der Waals surface area contributed by atoms with E-state index in [1.165, 1.54) is 51.7 Å². The molecule has 3 nitrogen and oxygen atoms in total. The number of rotatable bonds is 1. The minimum Gasteiger partial charge on any atom is -0.327 e. The molecule has 5 unspecified atom stereocenters. The van der Waals surface area contributed by atoms with Crippen LogP contribution in [-0.2, 0) is 0 Å². The summed E-state index contributed by atoms with van der Waals surface area (Å²) < 4.78 is 0. The molecule has 0 radical (unpaired) electrons. The van der Waals surface area contributed by atoms with Crippen molar-refractivity contribution >= 4 is 0 Å². The molecule has 0 aromatic carbocycles. The van der Waals surface area contributed by atoms with Crippen molar-refractivity contribution in [2.45, 2.75) is 70.1 Å². The Morgan fingerprint density at radius 1 is 0.944 bits per heavy atom. The fourth-order valence-electron chi connectivity index (χ4n) is 4.44. The summed E-state index contributed by atoms with van der Waals surface area (Å²) in [4.78, 5) is 5.50. The second-order valence-corrected chi connectivity index (χ2v) is 6.80. The predicted molar refractivity (Wildman–Crippen MR) is 75.5 cm³/mol. The van der Waals surface area contributed by atoms with Gasteiger partial charge in [0, 0.05) is 30.7 Å². The van der Waals surface area contributed by atoms with Crippen LogP contribution in [-0.4, -0.2) is 53.6 Å². The summed E-state index contributed by atoms with van der Waals surface area (Å²) in [6, 6.07) is 2.81. The molecule has 3 fully saturated rings. The molecule has 3 rings (SSSR count). The Bertz CT molecular complexity index is 293. The van der Waals surface area contributed by atoms with Crippen LogP contribution in [0, 0.1) is 5.92 Å². The van der Waals surface area contributed by atoms with Crippen LogP contribution in [0.5, 0.6) is 0 Å². The Morgan fingerprint density at radius 2 is 1.78 bits per heavy atom. The van der Waals surface area contributed by atoms with E-state index in [9.17, 15) is 0 Å². The van der Waals surface area contributed by atoms with Gasteiger partial charge in [-0.05, 0) is 58.0 Å². The average Bonchev–Trinajstić information content (AvgIpc) is 2.83. The Kier molecular flexibility index (Phi) is 3.65. The molecular weight excluding hydrogens is 222 g/mol. The van der Waals surface area contributed by atoms with Crippen LogP contribution in [0.4, 0.5) is 0 Å². The molecular formula is C15H29N3. The number of fused-ring (bicyclic) bond motifs is 1. The molecule has 3 heteroatoms. The van der Waals surface area contributed by atoms with E-state index in [-0.39, 0.29) is 0 Å². The Balaban J connectivity index is 1.64. The predicted octanol–water partition coefficient (Wildman–Crippen LogP) is 1.67. The maximum atomic E-state index is 6.21. The summed E-state index contributed by atoms with van der Waals surface area (Å²) in [6.07, 6.45) is 6.84. The van der Waals surface area contributed by atoms with E-state index < -0.39 is 0 Å². The Labute approximate surface area is 112 Å². The molecule has 3 aliphatic heterocycles. The van der Waals surface area contributed by atoms with E-state index in [4.69, 9.17) is 5.73 Å². The van der Waals surface area contributed by atoms with Gasteiger partial charge in [0.1, 0.15) is 0 Å². The van der Waals surface area contributed by atoms with Crippen LogP contribution in [0.3, 0.4) is 0 Å². The van der Waals surface area contributed by atoms with Gasteiger partial charge >= 0.3 is 0 Å². The van der Waals surface area contributed by atoms with Crippen LogP contribution in [0.1, 0.15) is 46.0 Å². The highest BCUT2D eigenvalue weighted by atomic mass is 15.2. The lowest BCUT2D eigenvalue weighted by Crippen LogP contribution is -2.57. The first-order valence-electron chi connectivity index (χ1n) is 7.92. The van der Waals surface area contributed by atoms with Crippen LogP contribution >= 0.6 is 0 Å². The van der Waals surface area contributed by atoms with Crippen molar-refractivity contribution in [2.75, 3.05) is 19.6 Å². The number of piperidine rings is 2. The molecule has 0 aromatic heterocycles. The molecule has 2 N–H and O–H groups in total. The molecule has 0 spiro atoms. The third kappa shape index (κ3) is 2.21. The molecule has 0 aromatic rings. The smallest absolute Gasteiger partial charge is 0.0125 e. The standard InChI is InChI=1S/C15H29N3/c1-11-12(2)18(9-6-15(11)16)14-5-8-17-7-3-4-13(17)10-14/h11-15H,3-10,16H2,1-2H3. The number of hydrogen-bond acceptors (Lipinski definition) is 3. The second-order valence-electron chi connectivity index (χ2n) is 6.80. The fraction of sp³-hybridized carbons (Fsp3) is 1.00. The zero-order valence-corrected chi connectivity index (χ0v) is 12.0. The van der Waals surface area contributed by atoms with Crippen LogP contribution in [0.25, 0.3) is 0 Å². The van der Waals surface area contributed by atoms with Gasteiger partial charge in [-0.2, -0.15) is 0 Å². The summed E-state index contributed by atoms with van der Waals surface area (Å²) in [7, 11) is 0. The number of likely N-dealkylation sites (tertiary alicyclic amines) is 1. The lowest BCUT2D eigenvalue weighted by atomic mass is 9.84. The molecule has 3 aliphatic rings. The number of nitrogens with two attached hydrogens (primary N) is 1. The van der Waals surface area contributed by atoms with E-state index in [0.717, 1.165) is 12.1 Å². The Hall–Kier alpha value is -0.120. The van der Waals surface area contributed by atoms with Gasteiger partial charge in [0.2, 0.25) is 0 Å². The van der Waals surface area contributed by atoms with Crippen molar-refractivity contribution < 1.29 is 0 Å².